The highest BCUT2D eigenvalue weighted by Gasteiger charge is 2.42. The number of hydrogen-bond acceptors (Lipinski definition) is 3. The summed E-state index contributed by atoms with van der Waals surface area (Å²) >= 11 is 7.86. The van der Waals surface area contributed by atoms with Crippen LogP contribution in [-0.2, 0) is 6.42 Å². The second kappa shape index (κ2) is 5.12. The predicted molar refractivity (Wildman–Crippen MR) is 76.4 cm³/mol. The SMILES string of the molecule is OCCC1(CNC2CCCc3sc(Cl)cc32)CC1. The van der Waals surface area contributed by atoms with Gasteiger partial charge in [0.2, 0.25) is 0 Å². The fourth-order valence-corrected chi connectivity index (χ4v) is 4.39. The molecule has 2 nitrogen and oxygen atoms in total. The number of rotatable bonds is 5. The lowest BCUT2D eigenvalue weighted by atomic mass is 9.93. The van der Waals surface area contributed by atoms with Gasteiger partial charge in [0, 0.05) is 24.1 Å². The summed E-state index contributed by atoms with van der Waals surface area (Å²) in [6.45, 7) is 1.37. The molecule has 0 radical (unpaired) electrons. The number of aliphatic hydroxyl groups is 1. The number of hydrogen-bond donors (Lipinski definition) is 2. The Labute approximate surface area is 117 Å². The van der Waals surface area contributed by atoms with Gasteiger partial charge in [-0.25, -0.2) is 0 Å². The molecule has 2 aliphatic carbocycles. The summed E-state index contributed by atoms with van der Waals surface area (Å²) in [4.78, 5) is 1.47. The molecule has 0 amide bonds. The minimum absolute atomic E-state index is 0.321. The standard InChI is InChI=1S/C14H20ClNOS/c15-13-8-10-11(2-1-3-12(10)18-13)16-9-14(4-5-14)6-7-17/h8,11,16-17H,1-7,9H2. The summed E-state index contributed by atoms with van der Waals surface area (Å²) < 4.78 is 0.921. The zero-order valence-electron chi connectivity index (χ0n) is 10.5. The van der Waals surface area contributed by atoms with E-state index in [1.165, 1.54) is 42.5 Å². The first-order valence-corrected chi connectivity index (χ1v) is 8.04. The average Bonchev–Trinajstić information content (AvgIpc) is 3.00. The normalized spacial score (nSPS) is 24.9. The number of aliphatic hydroxyl groups excluding tert-OH is 1. The molecule has 1 aromatic rings. The average molecular weight is 286 g/mol. The molecule has 0 spiro atoms. The summed E-state index contributed by atoms with van der Waals surface area (Å²) in [6, 6.07) is 2.62. The monoisotopic (exact) mass is 285 g/mol. The number of halogens is 1. The first-order chi connectivity index (χ1) is 8.72. The van der Waals surface area contributed by atoms with Crippen LogP contribution in [0.3, 0.4) is 0 Å². The highest BCUT2D eigenvalue weighted by Crippen LogP contribution is 2.48. The molecule has 1 saturated carbocycles. The van der Waals surface area contributed by atoms with Gasteiger partial charge in [0.1, 0.15) is 0 Å². The molecule has 0 aliphatic heterocycles. The molecule has 100 valence electrons. The summed E-state index contributed by atoms with van der Waals surface area (Å²) in [5.41, 5.74) is 1.82. The maximum absolute atomic E-state index is 9.10. The van der Waals surface area contributed by atoms with E-state index in [1.807, 2.05) is 0 Å². The van der Waals surface area contributed by atoms with Crippen LogP contribution in [0.5, 0.6) is 0 Å². The zero-order chi connectivity index (χ0) is 12.6. The Kier molecular flexibility index (Phi) is 3.68. The van der Waals surface area contributed by atoms with Crippen LogP contribution in [0.1, 0.15) is 48.6 Å². The van der Waals surface area contributed by atoms with Crippen molar-refractivity contribution >= 4 is 22.9 Å². The lowest BCUT2D eigenvalue weighted by molar-refractivity contribution is 0.240. The van der Waals surface area contributed by atoms with E-state index < -0.39 is 0 Å². The van der Waals surface area contributed by atoms with Crippen molar-refractivity contribution in [3.8, 4) is 0 Å². The first kappa shape index (κ1) is 12.9. The van der Waals surface area contributed by atoms with E-state index >= 15 is 0 Å². The number of fused-ring (bicyclic) bond motifs is 1. The Balaban J connectivity index is 1.64. The summed E-state index contributed by atoms with van der Waals surface area (Å²) in [5, 5.41) is 12.8. The Hall–Kier alpha value is -0.0900. The second-order valence-electron chi connectivity index (χ2n) is 5.73. The van der Waals surface area contributed by atoms with Gasteiger partial charge in [0.05, 0.1) is 4.34 Å². The topological polar surface area (TPSA) is 32.3 Å². The predicted octanol–water partition coefficient (Wildman–Crippen LogP) is 3.53. The molecule has 2 aliphatic rings. The Morgan fingerprint density at radius 1 is 1.50 bits per heavy atom. The molecule has 18 heavy (non-hydrogen) atoms. The van der Waals surface area contributed by atoms with Gasteiger partial charge >= 0.3 is 0 Å². The van der Waals surface area contributed by atoms with Crippen molar-refractivity contribution in [3.05, 3.63) is 20.8 Å². The molecule has 4 heteroatoms. The van der Waals surface area contributed by atoms with Gasteiger partial charge in [-0.1, -0.05) is 11.6 Å². The lowest BCUT2D eigenvalue weighted by Crippen LogP contribution is -2.30. The van der Waals surface area contributed by atoms with Crippen LogP contribution in [0.4, 0.5) is 0 Å². The third kappa shape index (κ3) is 2.60. The molecule has 1 unspecified atom stereocenters. The van der Waals surface area contributed by atoms with Crippen molar-refractivity contribution in [1.82, 2.24) is 5.32 Å². The second-order valence-corrected chi connectivity index (χ2v) is 7.50. The molecule has 0 bridgehead atoms. The van der Waals surface area contributed by atoms with Crippen LogP contribution in [-0.4, -0.2) is 18.3 Å². The van der Waals surface area contributed by atoms with Crippen molar-refractivity contribution in [2.24, 2.45) is 5.41 Å². The largest absolute Gasteiger partial charge is 0.396 e. The summed E-state index contributed by atoms with van der Waals surface area (Å²) in [7, 11) is 0. The lowest BCUT2D eigenvalue weighted by Gasteiger charge is -2.26. The molecule has 1 heterocycles. The molecule has 1 aromatic heterocycles. The fourth-order valence-electron chi connectivity index (χ4n) is 3.00. The van der Waals surface area contributed by atoms with E-state index in [2.05, 4.69) is 11.4 Å². The van der Waals surface area contributed by atoms with Crippen LogP contribution >= 0.6 is 22.9 Å². The number of nitrogens with one attached hydrogen (secondary N) is 1. The number of aryl methyl sites for hydroxylation is 1. The number of thiophene rings is 1. The van der Waals surface area contributed by atoms with Gasteiger partial charge in [0.25, 0.3) is 0 Å². The van der Waals surface area contributed by atoms with Gasteiger partial charge in [-0.05, 0) is 55.6 Å². The molecule has 1 atom stereocenters. The Bertz CT molecular complexity index is 427. The Morgan fingerprint density at radius 3 is 3.06 bits per heavy atom. The highest BCUT2D eigenvalue weighted by atomic mass is 35.5. The fraction of sp³-hybridized carbons (Fsp3) is 0.714. The maximum Gasteiger partial charge on any atom is 0.0934 e. The summed E-state index contributed by atoms with van der Waals surface area (Å²) in [6.07, 6.45) is 7.15. The van der Waals surface area contributed by atoms with Crippen LogP contribution in [0.25, 0.3) is 0 Å². The van der Waals surface area contributed by atoms with Crippen molar-refractivity contribution in [2.75, 3.05) is 13.2 Å². The van der Waals surface area contributed by atoms with Crippen LogP contribution in [0.15, 0.2) is 6.07 Å². The van der Waals surface area contributed by atoms with E-state index in [1.54, 1.807) is 11.3 Å². The van der Waals surface area contributed by atoms with Crippen molar-refractivity contribution in [2.45, 2.75) is 44.6 Å². The molecule has 0 aromatic carbocycles. The van der Waals surface area contributed by atoms with E-state index in [-0.39, 0.29) is 0 Å². The maximum atomic E-state index is 9.10. The molecule has 3 rings (SSSR count). The first-order valence-electron chi connectivity index (χ1n) is 6.85. The van der Waals surface area contributed by atoms with Crippen molar-refractivity contribution in [3.63, 3.8) is 0 Å². The van der Waals surface area contributed by atoms with Gasteiger partial charge < -0.3 is 10.4 Å². The molecule has 0 saturated heterocycles. The van der Waals surface area contributed by atoms with E-state index in [0.717, 1.165) is 17.3 Å². The minimum atomic E-state index is 0.321. The molecular formula is C14H20ClNOS. The Morgan fingerprint density at radius 2 is 2.33 bits per heavy atom. The highest BCUT2D eigenvalue weighted by molar-refractivity contribution is 7.16. The van der Waals surface area contributed by atoms with Gasteiger partial charge in [-0.15, -0.1) is 11.3 Å². The van der Waals surface area contributed by atoms with E-state index in [4.69, 9.17) is 16.7 Å². The summed E-state index contributed by atoms with van der Waals surface area (Å²) in [5.74, 6) is 0. The van der Waals surface area contributed by atoms with Gasteiger partial charge in [-0.3, -0.25) is 0 Å². The van der Waals surface area contributed by atoms with E-state index in [9.17, 15) is 0 Å². The quantitative estimate of drug-likeness (QED) is 0.867. The minimum Gasteiger partial charge on any atom is -0.396 e. The third-order valence-electron chi connectivity index (χ3n) is 4.41. The van der Waals surface area contributed by atoms with Gasteiger partial charge in [-0.2, -0.15) is 0 Å². The van der Waals surface area contributed by atoms with Crippen molar-refractivity contribution < 1.29 is 5.11 Å². The molecular weight excluding hydrogens is 266 g/mol. The van der Waals surface area contributed by atoms with Crippen molar-refractivity contribution in [1.29, 1.82) is 0 Å². The third-order valence-corrected chi connectivity index (χ3v) is 5.75. The van der Waals surface area contributed by atoms with Crippen LogP contribution in [0.2, 0.25) is 4.34 Å². The van der Waals surface area contributed by atoms with Crippen LogP contribution < -0.4 is 5.32 Å². The smallest absolute Gasteiger partial charge is 0.0934 e. The molecule has 2 N–H and O–H groups in total. The molecule has 1 fully saturated rings. The van der Waals surface area contributed by atoms with E-state index in [0.29, 0.717) is 18.1 Å². The zero-order valence-corrected chi connectivity index (χ0v) is 12.1. The van der Waals surface area contributed by atoms with Gasteiger partial charge in [0.15, 0.2) is 0 Å². The van der Waals surface area contributed by atoms with Crippen LogP contribution in [0, 0.1) is 5.41 Å².